The monoisotopic (exact) mass is 266 g/mol. The lowest BCUT2D eigenvalue weighted by molar-refractivity contribution is 0.777. The Balaban J connectivity index is 2.21. The Morgan fingerprint density at radius 3 is 2.55 bits per heavy atom. The van der Waals surface area contributed by atoms with Gasteiger partial charge in [-0.25, -0.2) is 9.67 Å². The van der Waals surface area contributed by atoms with E-state index in [0.717, 1.165) is 5.56 Å². The van der Waals surface area contributed by atoms with E-state index in [1.54, 1.807) is 0 Å². The Hall–Kier alpha value is -3.09. The quantitative estimate of drug-likeness (QED) is 0.731. The Morgan fingerprint density at radius 2 is 1.85 bits per heavy atom. The van der Waals surface area contributed by atoms with Crippen molar-refractivity contribution in [2.45, 2.75) is 0 Å². The predicted molar refractivity (Wildman–Crippen MR) is 73.1 cm³/mol. The maximum atomic E-state index is 11.1. The van der Waals surface area contributed by atoms with Gasteiger partial charge in [0.25, 0.3) is 0 Å². The first-order valence-electron chi connectivity index (χ1n) is 5.85. The maximum Gasteiger partial charge on any atom is 0.240 e. The highest BCUT2D eigenvalue weighted by Gasteiger charge is 2.12. The van der Waals surface area contributed by atoms with Crippen molar-refractivity contribution >= 4 is 5.95 Å². The number of nitrogens with zero attached hydrogens (tertiary/aromatic N) is 5. The molecule has 0 aliphatic carbocycles. The number of benzene rings is 1. The molecule has 0 atom stereocenters. The molecule has 1 aromatic carbocycles. The Labute approximate surface area is 113 Å². The van der Waals surface area contributed by atoms with Crippen LogP contribution in [0.4, 0.5) is 5.95 Å². The molecule has 2 aromatic heterocycles. The molecule has 7 heteroatoms. The van der Waals surface area contributed by atoms with Gasteiger partial charge in [0.15, 0.2) is 5.43 Å². The van der Waals surface area contributed by atoms with Crippen LogP contribution in [-0.4, -0.2) is 25.0 Å². The Bertz CT molecular complexity index is 779. The fourth-order valence-corrected chi connectivity index (χ4v) is 1.75. The van der Waals surface area contributed by atoms with E-state index in [1.165, 1.54) is 23.1 Å². The molecule has 0 radical (unpaired) electrons. The second-order valence-electron chi connectivity index (χ2n) is 4.02. The van der Waals surface area contributed by atoms with Crippen molar-refractivity contribution in [1.29, 1.82) is 0 Å². The van der Waals surface area contributed by atoms with Gasteiger partial charge in [0.2, 0.25) is 11.8 Å². The molecule has 3 aromatic rings. The van der Waals surface area contributed by atoms with Crippen LogP contribution in [0.2, 0.25) is 0 Å². The molecule has 0 spiro atoms. The van der Waals surface area contributed by atoms with Crippen LogP contribution in [-0.2, 0) is 0 Å². The van der Waals surface area contributed by atoms with E-state index in [-0.39, 0.29) is 11.4 Å². The van der Waals surface area contributed by atoms with Gasteiger partial charge < -0.3 is 5.73 Å². The molecule has 0 bridgehead atoms. The summed E-state index contributed by atoms with van der Waals surface area (Å²) in [5.41, 5.74) is 6.81. The summed E-state index contributed by atoms with van der Waals surface area (Å²) in [7, 11) is 0. The highest BCUT2D eigenvalue weighted by Crippen LogP contribution is 2.21. The zero-order valence-corrected chi connectivity index (χ0v) is 10.3. The number of hydrogen-bond acceptors (Lipinski definition) is 6. The van der Waals surface area contributed by atoms with Gasteiger partial charge in [-0.15, -0.1) is 10.2 Å². The number of anilines is 1. The SMILES string of the molecule is Nc1nnc(-n2ccc(=O)cn2)c(-c2ccccc2)n1. The van der Waals surface area contributed by atoms with Crippen LogP contribution in [0.5, 0.6) is 0 Å². The van der Waals surface area contributed by atoms with Crippen LogP contribution in [0, 0.1) is 0 Å². The first-order chi connectivity index (χ1) is 9.74. The summed E-state index contributed by atoms with van der Waals surface area (Å²) in [5, 5.41) is 11.7. The van der Waals surface area contributed by atoms with Crippen LogP contribution >= 0.6 is 0 Å². The first-order valence-corrected chi connectivity index (χ1v) is 5.85. The van der Waals surface area contributed by atoms with Crippen LogP contribution in [0.15, 0.2) is 53.6 Å². The fraction of sp³-hybridized carbons (Fsp3) is 0. The third kappa shape index (κ3) is 2.24. The van der Waals surface area contributed by atoms with E-state index >= 15 is 0 Å². The van der Waals surface area contributed by atoms with Crippen LogP contribution in [0.25, 0.3) is 17.1 Å². The lowest BCUT2D eigenvalue weighted by Crippen LogP contribution is -2.12. The molecule has 0 unspecified atom stereocenters. The normalized spacial score (nSPS) is 10.4. The van der Waals surface area contributed by atoms with E-state index in [2.05, 4.69) is 20.3 Å². The molecule has 0 aliphatic rings. The van der Waals surface area contributed by atoms with Crippen molar-refractivity contribution in [3.05, 3.63) is 59.0 Å². The Morgan fingerprint density at radius 1 is 1.05 bits per heavy atom. The van der Waals surface area contributed by atoms with Crippen molar-refractivity contribution < 1.29 is 0 Å². The van der Waals surface area contributed by atoms with E-state index in [0.29, 0.717) is 11.5 Å². The molecule has 98 valence electrons. The number of nitrogens with two attached hydrogens (primary N) is 1. The van der Waals surface area contributed by atoms with E-state index in [9.17, 15) is 4.79 Å². The van der Waals surface area contributed by atoms with Gasteiger partial charge in [-0.3, -0.25) is 4.79 Å². The fourth-order valence-electron chi connectivity index (χ4n) is 1.75. The molecule has 0 aliphatic heterocycles. The molecule has 7 nitrogen and oxygen atoms in total. The van der Waals surface area contributed by atoms with Crippen molar-refractivity contribution in [2.24, 2.45) is 0 Å². The van der Waals surface area contributed by atoms with Gasteiger partial charge in [0, 0.05) is 17.8 Å². The van der Waals surface area contributed by atoms with Crippen molar-refractivity contribution in [3.63, 3.8) is 0 Å². The third-order valence-electron chi connectivity index (χ3n) is 2.64. The largest absolute Gasteiger partial charge is 0.366 e. The van der Waals surface area contributed by atoms with Crippen molar-refractivity contribution in [3.8, 4) is 17.1 Å². The highest BCUT2D eigenvalue weighted by molar-refractivity contribution is 5.66. The Kier molecular flexibility index (Phi) is 2.92. The summed E-state index contributed by atoms with van der Waals surface area (Å²) in [4.78, 5) is 15.3. The molecule has 0 amide bonds. The standard InChI is InChI=1S/C13H10N6O/c14-13-16-11(9-4-2-1-3-5-9)12(17-18-13)19-7-6-10(20)8-15-19/h1-8H,(H2,14,16,18). The molecular formula is C13H10N6O. The average Bonchev–Trinajstić information content (AvgIpc) is 2.49. The molecule has 20 heavy (non-hydrogen) atoms. The van der Waals surface area contributed by atoms with Gasteiger partial charge in [-0.2, -0.15) is 5.10 Å². The lowest BCUT2D eigenvalue weighted by atomic mass is 10.1. The second kappa shape index (κ2) is 4.88. The zero-order chi connectivity index (χ0) is 13.9. The van der Waals surface area contributed by atoms with E-state index < -0.39 is 0 Å². The van der Waals surface area contributed by atoms with E-state index in [1.807, 2.05) is 30.3 Å². The summed E-state index contributed by atoms with van der Waals surface area (Å²) in [6.45, 7) is 0. The summed E-state index contributed by atoms with van der Waals surface area (Å²) < 4.78 is 1.43. The molecule has 0 fully saturated rings. The summed E-state index contributed by atoms with van der Waals surface area (Å²) >= 11 is 0. The minimum Gasteiger partial charge on any atom is -0.366 e. The van der Waals surface area contributed by atoms with Crippen molar-refractivity contribution in [1.82, 2.24) is 25.0 Å². The van der Waals surface area contributed by atoms with Gasteiger partial charge in [-0.1, -0.05) is 30.3 Å². The predicted octanol–water partition coefficient (Wildman–Crippen LogP) is 0.667. The number of rotatable bonds is 2. The van der Waals surface area contributed by atoms with Gasteiger partial charge in [0.1, 0.15) is 5.69 Å². The van der Waals surface area contributed by atoms with Crippen LogP contribution in [0.1, 0.15) is 0 Å². The third-order valence-corrected chi connectivity index (χ3v) is 2.64. The lowest BCUT2D eigenvalue weighted by Gasteiger charge is -2.08. The van der Waals surface area contributed by atoms with Crippen LogP contribution in [0.3, 0.4) is 0 Å². The smallest absolute Gasteiger partial charge is 0.240 e. The minimum atomic E-state index is -0.182. The maximum absolute atomic E-state index is 11.1. The molecule has 3 rings (SSSR count). The summed E-state index contributed by atoms with van der Waals surface area (Å²) in [6.07, 6.45) is 2.71. The molecule has 2 heterocycles. The average molecular weight is 266 g/mol. The molecule has 2 N–H and O–H groups in total. The second-order valence-corrected chi connectivity index (χ2v) is 4.02. The van der Waals surface area contributed by atoms with Crippen LogP contribution < -0.4 is 11.2 Å². The number of aromatic nitrogens is 5. The van der Waals surface area contributed by atoms with Gasteiger partial charge >= 0.3 is 0 Å². The number of hydrogen-bond donors (Lipinski definition) is 1. The zero-order valence-electron chi connectivity index (χ0n) is 10.3. The highest BCUT2D eigenvalue weighted by atomic mass is 16.1. The summed E-state index contributed by atoms with van der Waals surface area (Å²) in [6, 6.07) is 10.8. The minimum absolute atomic E-state index is 0.0775. The van der Waals surface area contributed by atoms with Crippen molar-refractivity contribution in [2.75, 3.05) is 5.73 Å². The molecule has 0 saturated carbocycles. The number of nitrogen functional groups attached to an aromatic ring is 1. The summed E-state index contributed by atoms with van der Waals surface area (Å²) in [5.74, 6) is 0.485. The van der Waals surface area contributed by atoms with Gasteiger partial charge in [0.05, 0.1) is 6.20 Å². The molecular weight excluding hydrogens is 256 g/mol. The first kappa shape index (κ1) is 12.0. The van der Waals surface area contributed by atoms with Gasteiger partial charge in [-0.05, 0) is 0 Å². The topological polar surface area (TPSA) is 99.6 Å². The molecule has 0 saturated heterocycles. The van der Waals surface area contributed by atoms with E-state index in [4.69, 9.17) is 5.73 Å².